The molecule has 1 aliphatic rings. The quantitative estimate of drug-likeness (QED) is 0.814. The zero-order valence-electron chi connectivity index (χ0n) is 9.34. The molecule has 1 heterocycles. The fourth-order valence-corrected chi connectivity index (χ4v) is 2.75. The van der Waals surface area contributed by atoms with Crippen LogP contribution in [0.5, 0.6) is 0 Å². The van der Waals surface area contributed by atoms with Crippen LogP contribution >= 0.6 is 27.5 Å². The molecule has 1 saturated carbocycles. The lowest BCUT2D eigenvalue weighted by molar-refractivity contribution is 0.358. The van der Waals surface area contributed by atoms with Crippen molar-refractivity contribution >= 4 is 33.2 Å². The maximum atomic E-state index is 5.86. The molecule has 0 saturated heterocycles. The monoisotopic (exact) mass is 302 g/mol. The van der Waals surface area contributed by atoms with Gasteiger partial charge in [0.25, 0.3) is 0 Å². The molecule has 0 aromatic carbocycles. The summed E-state index contributed by atoms with van der Waals surface area (Å²) in [5.41, 5.74) is 1.05. The van der Waals surface area contributed by atoms with Crippen LogP contribution in [0.15, 0.2) is 16.7 Å². The molecule has 88 valence electrons. The van der Waals surface area contributed by atoms with Gasteiger partial charge in [0.1, 0.15) is 5.15 Å². The van der Waals surface area contributed by atoms with E-state index in [2.05, 4.69) is 33.2 Å². The standard InChI is InChI=1S/C12H16BrClN2/c1-8-3-2-4-9(5-8)16-10-6-11(13)12(14)15-7-10/h6-9,16H,2-5H2,1H3. The van der Waals surface area contributed by atoms with E-state index in [0.717, 1.165) is 16.1 Å². The first-order chi connectivity index (χ1) is 7.65. The minimum absolute atomic E-state index is 0.516. The second-order valence-electron chi connectivity index (χ2n) is 4.61. The van der Waals surface area contributed by atoms with Crippen molar-refractivity contribution < 1.29 is 0 Å². The summed E-state index contributed by atoms with van der Waals surface area (Å²) >= 11 is 9.25. The molecule has 2 atom stereocenters. The van der Waals surface area contributed by atoms with E-state index in [1.807, 2.05) is 6.07 Å². The molecule has 0 spiro atoms. The predicted molar refractivity (Wildman–Crippen MR) is 72.0 cm³/mol. The van der Waals surface area contributed by atoms with Gasteiger partial charge in [-0.2, -0.15) is 0 Å². The Kier molecular flexibility index (Phi) is 4.09. The molecular weight excluding hydrogens is 288 g/mol. The molecule has 0 amide bonds. The Morgan fingerprint density at radius 2 is 2.31 bits per heavy atom. The van der Waals surface area contributed by atoms with Gasteiger partial charge in [0.15, 0.2) is 0 Å². The Morgan fingerprint density at radius 3 is 3.00 bits per heavy atom. The molecule has 1 N–H and O–H groups in total. The van der Waals surface area contributed by atoms with Gasteiger partial charge in [0, 0.05) is 6.04 Å². The molecule has 0 bridgehead atoms. The number of anilines is 1. The largest absolute Gasteiger partial charge is 0.381 e. The van der Waals surface area contributed by atoms with Gasteiger partial charge in [-0.1, -0.05) is 31.4 Å². The number of aromatic nitrogens is 1. The lowest BCUT2D eigenvalue weighted by Crippen LogP contribution is -2.26. The molecule has 0 radical (unpaired) electrons. The number of hydrogen-bond acceptors (Lipinski definition) is 2. The van der Waals surface area contributed by atoms with Crippen LogP contribution in [-0.4, -0.2) is 11.0 Å². The minimum Gasteiger partial charge on any atom is -0.381 e. The smallest absolute Gasteiger partial charge is 0.143 e. The molecule has 2 nitrogen and oxygen atoms in total. The van der Waals surface area contributed by atoms with E-state index >= 15 is 0 Å². The summed E-state index contributed by atoms with van der Waals surface area (Å²) in [6, 6.07) is 2.58. The van der Waals surface area contributed by atoms with Crippen molar-refractivity contribution in [2.45, 2.75) is 38.6 Å². The summed E-state index contributed by atoms with van der Waals surface area (Å²) in [6.07, 6.45) is 6.99. The summed E-state index contributed by atoms with van der Waals surface area (Å²) in [5, 5.41) is 4.04. The van der Waals surface area contributed by atoms with Gasteiger partial charge in [0.2, 0.25) is 0 Å². The molecule has 1 aliphatic carbocycles. The third kappa shape index (κ3) is 3.11. The van der Waals surface area contributed by atoms with E-state index < -0.39 is 0 Å². The highest BCUT2D eigenvalue weighted by molar-refractivity contribution is 9.10. The van der Waals surface area contributed by atoms with Crippen LogP contribution in [0.3, 0.4) is 0 Å². The number of halogens is 2. The fraction of sp³-hybridized carbons (Fsp3) is 0.583. The highest BCUT2D eigenvalue weighted by atomic mass is 79.9. The Morgan fingerprint density at radius 1 is 1.50 bits per heavy atom. The van der Waals surface area contributed by atoms with Crippen molar-refractivity contribution in [3.63, 3.8) is 0 Å². The summed E-state index contributed by atoms with van der Waals surface area (Å²) < 4.78 is 0.850. The lowest BCUT2D eigenvalue weighted by Gasteiger charge is -2.28. The van der Waals surface area contributed by atoms with Crippen LogP contribution in [-0.2, 0) is 0 Å². The van der Waals surface area contributed by atoms with Crippen molar-refractivity contribution in [2.24, 2.45) is 5.92 Å². The third-order valence-corrected chi connectivity index (χ3v) is 4.24. The van der Waals surface area contributed by atoms with E-state index in [1.165, 1.54) is 25.7 Å². The van der Waals surface area contributed by atoms with Gasteiger partial charge in [-0.3, -0.25) is 0 Å². The first-order valence-corrected chi connectivity index (χ1v) is 6.90. The van der Waals surface area contributed by atoms with Crippen molar-refractivity contribution in [1.82, 2.24) is 4.98 Å². The van der Waals surface area contributed by atoms with Gasteiger partial charge in [-0.05, 0) is 40.8 Å². The summed E-state index contributed by atoms with van der Waals surface area (Å²) in [4.78, 5) is 4.12. The van der Waals surface area contributed by atoms with Crippen molar-refractivity contribution in [1.29, 1.82) is 0 Å². The highest BCUT2D eigenvalue weighted by Crippen LogP contribution is 2.28. The number of pyridine rings is 1. The zero-order valence-corrected chi connectivity index (χ0v) is 11.7. The van der Waals surface area contributed by atoms with Crippen molar-refractivity contribution in [3.8, 4) is 0 Å². The second kappa shape index (κ2) is 5.37. The molecule has 1 fully saturated rings. The third-order valence-electron chi connectivity index (χ3n) is 3.10. The van der Waals surface area contributed by atoms with Gasteiger partial charge in [-0.15, -0.1) is 0 Å². The van der Waals surface area contributed by atoms with Crippen LogP contribution in [0, 0.1) is 5.92 Å². The lowest BCUT2D eigenvalue weighted by atomic mass is 9.87. The molecule has 4 heteroatoms. The predicted octanol–water partition coefficient (Wildman–Crippen LogP) is 4.49. The van der Waals surface area contributed by atoms with Crippen LogP contribution in [0.4, 0.5) is 5.69 Å². The van der Waals surface area contributed by atoms with Crippen LogP contribution in [0.1, 0.15) is 32.6 Å². The Balaban J connectivity index is 2.00. The van der Waals surface area contributed by atoms with Crippen LogP contribution < -0.4 is 5.32 Å². The second-order valence-corrected chi connectivity index (χ2v) is 5.82. The van der Waals surface area contributed by atoms with E-state index in [9.17, 15) is 0 Å². The number of nitrogens with zero attached hydrogens (tertiary/aromatic N) is 1. The minimum atomic E-state index is 0.516. The highest BCUT2D eigenvalue weighted by Gasteiger charge is 2.18. The van der Waals surface area contributed by atoms with Gasteiger partial charge >= 0.3 is 0 Å². The molecule has 1 aromatic heterocycles. The first kappa shape index (κ1) is 12.2. The first-order valence-electron chi connectivity index (χ1n) is 5.72. The SMILES string of the molecule is CC1CCCC(Nc2cnc(Cl)c(Br)c2)C1. The normalized spacial score (nSPS) is 25.4. The average molecular weight is 304 g/mol. The van der Waals surface area contributed by atoms with Crippen LogP contribution in [0.25, 0.3) is 0 Å². The maximum Gasteiger partial charge on any atom is 0.143 e. The average Bonchev–Trinajstić information content (AvgIpc) is 2.24. The molecule has 2 unspecified atom stereocenters. The van der Waals surface area contributed by atoms with Gasteiger partial charge < -0.3 is 5.32 Å². The maximum absolute atomic E-state index is 5.86. The molecule has 1 aromatic rings. The summed E-state index contributed by atoms with van der Waals surface area (Å²) in [5.74, 6) is 0.829. The fourth-order valence-electron chi connectivity index (χ4n) is 2.30. The van der Waals surface area contributed by atoms with E-state index in [-0.39, 0.29) is 0 Å². The Bertz CT molecular complexity index is 370. The summed E-state index contributed by atoms with van der Waals surface area (Å²) in [7, 11) is 0. The van der Waals surface area contributed by atoms with Gasteiger partial charge in [-0.25, -0.2) is 4.98 Å². The number of hydrogen-bond donors (Lipinski definition) is 1. The topological polar surface area (TPSA) is 24.9 Å². The molecule has 2 rings (SSSR count). The molecule has 16 heavy (non-hydrogen) atoms. The molecular formula is C12H16BrClN2. The number of rotatable bonds is 2. The van der Waals surface area contributed by atoms with Crippen LogP contribution in [0.2, 0.25) is 5.15 Å². The zero-order chi connectivity index (χ0) is 11.5. The van der Waals surface area contributed by atoms with E-state index in [4.69, 9.17) is 11.6 Å². The van der Waals surface area contributed by atoms with Crippen molar-refractivity contribution in [2.75, 3.05) is 5.32 Å². The Labute approximate surface area is 110 Å². The number of nitrogens with one attached hydrogen (secondary N) is 1. The van der Waals surface area contributed by atoms with Gasteiger partial charge in [0.05, 0.1) is 16.4 Å². The van der Waals surface area contributed by atoms with Crippen molar-refractivity contribution in [3.05, 3.63) is 21.9 Å². The Hall–Kier alpha value is -0.280. The van der Waals surface area contributed by atoms with E-state index in [1.54, 1.807) is 6.20 Å². The summed E-state index contributed by atoms with van der Waals surface area (Å²) in [6.45, 7) is 2.32. The molecule has 0 aliphatic heterocycles. The van der Waals surface area contributed by atoms with E-state index in [0.29, 0.717) is 11.2 Å².